The highest BCUT2D eigenvalue weighted by Gasteiger charge is 2.19. The molecule has 1 aliphatic heterocycles. The van der Waals surface area contributed by atoms with Gasteiger partial charge in [0, 0.05) is 78.5 Å². The first-order valence-electron chi connectivity index (χ1n) is 30.4. The van der Waals surface area contributed by atoms with Gasteiger partial charge < -0.3 is 18.9 Å². The zero-order chi connectivity index (χ0) is 56.3. The van der Waals surface area contributed by atoms with Crippen molar-refractivity contribution < 1.29 is 18.9 Å². The fraction of sp³-hybridized carbons (Fsp3) is 0.263. The van der Waals surface area contributed by atoms with Crippen LogP contribution in [0.15, 0.2) is 218 Å². The van der Waals surface area contributed by atoms with Crippen LogP contribution in [0.2, 0.25) is 0 Å². The Morgan fingerprint density at radius 1 is 0.202 bits per heavy atom. The highest BCUT2D eigenvalue weighted by atomic mass is 16.5. The normalized spacial score (nSPS) is 16.6. The van der Waals surface area contributed by atoms with Crippen molar-refractivity contribution in [3.05, 3.63) is 241 Å². The summed E-state index contributed by atoms with van der Waals surface area (Å²) in [6.45, 7) is 14.3. The van der Waals surface area contributed by atoms with E-state index in [0.717, 1.165) is 78.5 Å². The summed E-state index contributed by atoms with van der Waals surface area (Å²) in [7, 11) is 0. The van der Waals surface area contributed by atoms with Gasteiger partial charge in [0.1, 0.15) is 0 Å². The van der Waals surface area contributed by atoms with Crippen LogP contribution in [0.4, 0.5) is 0 Å². The Morgan fingerprint density at radius 3 is 0.500 bits per heavy atom. The van der Waals surface area contributed by atoms with Gasteiger partial charge >= 0.3 is 0 Å². The molecule has 0 radical (unpaired) electrons. The van der Waals surface area contributed by atoms with E-state index in [1.807, 2.05) is 0 Å². The fourth-order valence-corrected chi connectivity index (χ4v) is 13.0. The summed E-state index contributed by atoms with van der Waals surface area (Å²) in [4.78, 5) is 10.2. The van der Waals surface area contributed by atoms with Crippen molar-refractivity contribution in [2.45, 2.75) is 26.2 Å². The summed E-state index contributed by atoms with van der Waals surface area (Å²) in [5.74, 6) is 0. The minimum atomic E-state index is 0.610. The third-order valence-corrected chi connectivity index (χ3v) is 17.5. The molecule has 424 valence electrons. The number of hydrogen-bond donors (Lipinski definition) is 0. The average Bonchev–Trinajstić information content (AvgIpc) is 3.66. The zero-order valence-corrected chi connectivity index (χ0v) is 48.3. The monoisotopic (exact) mass is 1110 g/mol. The highest BCUT2D eigenvalue weighted by molar-refractivity contribution is 6.05. The highest BCUT2D eigenvalue weighted by Crippen LogP contribution is 2.34. The van der Waals surface area contributed by atoms with Crippen LogP contribution in [0.1, 0.15) is 22.3 Å². The summed E-state index contributed by atoms with van der Waals surface area (Å²) < 4.78 is 26.9. The van der Waals surface area contributed by atoms with E-state index in [1.165, 1.54) is 108 Å². The van der Waals surface area contributed by atoms with Gasteiger partial charge in [-0.1, -0.05) is 194 Å². The topological polar surface area (TPSA) is 49.9 Å². The first-order chi connectivity index (χ1) is 41.7. The Balaban J connectivity index is 0.779. The Morgan fingerprint density at radius 2 is 0.345 bits per heavy atom. The van der Waals surface area contributed by atoms with Gasteiger partial charge in [-0.25, -0.2) is 0 Å². The van der Waals surface area contributed by atoms with Crippen LogP contribution in [0.25, 0.3) is 86.2 Å². The summed E-state index contributed by atoms with van der Waals surface area (Å²) in [6, 6.07) is 80.1. The molecule has 12 aromatic rings. The average molecular weight is 1110 g/mol. The van der Waals surface area contributed by atoms with Crippen LogP contribution >= 0.6 is 0 Å². The van der Waals surface area contributed by atoms with Crippen LogP contribution in [0.3, 0.4) is 0 Å². The van der Waals surface area contributed by atoms with Crippen molar-refractivity contribution in [1.82, 2.24) is 19.6 Å². The lowest BCUT2D eigenvalue weighted by atomic mass is 9.96. The summed E-state index contributed by atoms with van der Waals surface area (Å²) in [6.07, 6.45) is 0. The molecule has 1 fully saturated rings. The zero-order valence-electron chi connectivity index (χ0n) is 48.3. The van der Waals surface area contributed by atoms with Crippen molar-refractivity contribution in [2.75, 3.05) is 105 Å². The van der Waals surface area contributed by atoms with Crippen molar-refractivity contribution >= 4 is 86.2 Å². The lowest BCUT2D eigenvalue weighted by molar-refractivity contribution is 0.0347. The number of benzene rings is 12. The van der Waals surface area contributed by atoms with Gasteiger partial charge in [0.15, 0.2) is 0 Å². The predicted molar refractivity (Wildman–Crippen MR) is 350 cm³/mol. The minimum absolute atomic E-state index is 0.610. The number of ether oxygens (including phenoxy) is 4. The van der Waals surface area contributed by atoms with E-state index < -0.39 is 0 Å². The molecule has 0 aliphatic carbocycles. The maximum absolute atomic E-state index is 6.73. The van der Waals surface area contributed by atoms with Crippen molar-refractivity contribution in [2.24, 2.45) is 0 Å². The van der Waals surface area contributed by atoms with Crippen LogP contribution < -0.4 is 0 Å². The smallest absolute Gasteiger partial charge is 0.0594 e. The first kappa shape index (κ1) is 55.6. The lowest BCUT2D eigenvalue weighted by Crippen LogP contribution is -2.35. The van der Waals surface area contributed by atoms with Gasteiger partial charge in [-0.2, -0.15) is 0 Å². The van der Waals surface area contributed by atoms with E-state index >= 15 is 0 Å². The molecule has 8 heteroatoms. The largest absolute Gasteiger partial charge is 0.379 e. The summed E-state index contributed by atoms with van der Waals surface area (Å²) in [5, 5.41) is 20.5. The van der Waals surface area contributed by atoms with E-state index in [-0.39, 0.29) is 0 Å². The second-order valence-electron chi connectivity index (χ2n) is 22.7. The van der Waals surface area contributed by atoms with Gasteiger partial charge in [0.25, 0.3) is 0 Å². The molecule has 1 saturated heterocycles. The molecule has 0 bridgehead atoms. The molecule has 84 heavy (non-hydrogen) atoms. The number of fused-ring (bicyclic) bond motifs is 8. The number of rotatable bonds is 8. The number of nitrogens with zero attached hydrogens (tertiary/aromatic N) is 4. The van der Waals surface area contributed by atoms with Crippen molar-refractivity contribution in [3.8, 4) is 0 Å². The third kappa shape index (κ3) is 12.9. The maximum atomic E-state index is 6.73. The van der Waals surface area contributed by atoms with E-state index in [0.29, 0.717) is 52.9 Å². The molecule has 0 atom stereocenters. The molecule has 1 aliphatic rings. The van der Waals surface area contributed by atoms with Crippen LogP contribution in [-0.2, 0) is 45.1 Å². The van der Waals surface area contributed by atoms with Crippen molar-refractivity contribution in [3.63, 3.8) is 0 Å². The molecule has 0 amide bonds. The Bertz CT molecular complexity index is 3420. The van der Waals surface area contributed by atoms with E-state index in [1.54, 1.807) is 0 Å². The third-order valence-electron chi connectivity index (χ3n) is 17.5. The molecule has 13 rings (SSSR count). The number of hydrogen-bond acceptors (Lipinski definition) is 8. The molecule has 0 N–H and O–H groups in total. The second kappa shape index (κ2) is 27.0. The predicted octanol–water partition coefficient (Wildman–Crippen LogP) is 15.3. The molecule has 0 spiro atoms. The van der Waals surface area contributed by atoms with E-state index in [2.05, 4.69) is 238 Å². The quantitative estimate of drug-likeness (QED) is 0.140. The minimum Gasteiger partial charge on any atom is -0.379 e. The van der Waals surface area contributed by atoms with Gasteiger partial charge in [-0.3, -0.25) is 19.6 Å². The molecule has 8 nitrogen and oxygen atoms in total. The van der Waals surface area contributed by atoms with E-state index in [4.69, 9.17) is 18.9 Å². The molecular formula is C76H76N4O4. The van der Waals surface area contributed by atoms with Crippen LogP contribution in [-0.4, -0.2) is 125 Å². The molecule has 0 unspecified atom stereocenters. The van der Waals surface area contributed by atoms with Crippen molar-refractivity contribution in [1.29, 1.82) is 0 Å². The summed E-state index contributed by atoms with van der Waals surface area (Å²) >= 11 is 0. The molecule has 1 heterocycles. The van der Waals surface area contributed by atoms with Crippen LogP contribution in [0.5, 0.6) is 0 Å². The standard InChI is InChI=1S/C76H76N4O4/c1-9-25-65-57(17-1)49-58-18-2-10-26-66(58)73(65)53-77-33-41-81-43-35-78(54-74-67-27-11-3-19-59(67)50-60-20-4-12-28-68(60)74)37-45-83-47-39-80(56-76-71-31-15-7-23-63(71)52-64-24-8-16-32-72(64)76)40-48-84-46-38-79(36-44-82-42-34-77)55-75-69-29-13-5-21-61(69)51-62-22-6-14-30-70(62)75/h1-32,49-52H,33-48,53-56H2. The fourth-order valence-electron chi connectivity index (χ4n) is 13.0. The first-order valence-corrected chi connectivity index (χ1v) is 30.4. The van der Waals surface area contributed by atoms with Crippen LogP contribution in [0, 0.1) is 0 Å². The lowest BCUT2D eigenvalue weighted by Gasteiger charge is -2.27. The van der Waals surface area contributed by atoms with Gasteiger partial charge in [0.05, 0.1) is 52.9 Å². The second-order valence-corrected chi connectivity index (χ2v) is 22.7. The SMILES string of the molecule is c1ccc2c(CN3CCOCCN(Cc4c5ccccc5cc5ccccc45)CCOCCN(Cc4c5ccccc5cc5ccccc45)CCOCCN(Cc4c5ccccc5cc5ccccc45)CCOCC3)c3ccccc3cc2c1. The van der Waals surface area contributed by atoms with Gasteiger partial charge in [-0.15, -0.1) is 0 Å². The van der Waals surface area contributed by atoms with E-state index in [9.17, 15) is 0 Å². The Labute approximate surface area is 494 Å². The molecule has 12 aromatic carbocycles. The maximum Gasteiger partial charge on any atom is 0.0594 e. The van der Waals surface area contributed by atoms with Gasteiger partial charge in [0.2, 0.25) is 0 Å². The molecule has 0 aromatic heterocycles. The van der Waals surface area contributed by atoms with Gasteiger partial charge in [-0.05, 0) is 133 Å². The molecular weight excluding hydrogens is 1030 g/mol. The Kier molecular flexibility index (Phi) is 17.8. The Hall–Kier alpha value is -7.60. The summed E-state index contributed by atoms with van der Waals surface area (Å²) in [5.41, 5.74) is 5.40. The molecule has 0 saturated carbocycles.